The Morgan fingerprint density at radius 3 is 2.75 bits per heavy atom. The Labute approximate surface area is 115 Å². The van der Waals surface area contributed by atoms with Gasteiger partial charge >= 0.3 is 0 Å². The average molecular weight is 298 g/mol. The van der Waals surface area contributed by atoms with Crippen LogP contribution in [0.4, 0.5) is 0 Å². The van der Waals surface area contributed by atoms with E-state index in [1.165, 1.54) is 23.2 Å². The Hall–Kier alpha value is -2.20. The molecule has 0 aliphatic heterocycles. The molecule has 0 bridgehead atoms. The average Bonchev–Trinajstić information content (AvgIpc) is 2.96. The number of aromatic amines is 1. The molecule has 10 heteroatoms. The maximum atomic E-state index is 12.2. The fourth-order valence-corrected chi connectivity index (χ4v) is 2.98. The molecule has 0 fully saturated rings. The van der Waals surface area contributed by atoms with Gasteiger partial charge < -0.3 is 10.3 Å². The summed E-state index contributed by atoms with van der Waals surface area (Å²) in [6.07, 6.45) is 2.60. The van der Waals surface area contributed by atoms with Crippen LogP contribution in [0, 0.1) is 0 Å². The number of rotatable bonds is 5. The van der Waals surface area contributed by atoms with Crippen molar-refractivity contribution in [2.45, 2.75) is 17.9 Å². The lowest BCUT2D eigenvalue weighted by molar-refractivity contribution is 0.0992. The summed E-state index contributed by atoms with van der Waals surface area (Å²) in [5.74, 6) is -0.308. The first-order valence-electron chi connectivity index (χ1n) is 5.65. The number of aryl methyl sites for hydroxylation is 1. The summed E-state index contributed by atoms with van der Waals surface area (Å²) >= 11 is 0. The van der Waals surface area contributed by atoms with Crippen LogP contribution in [0.15, 0.2) is 23.5 Å². The van der Waals surface area contributed by atoms with Gasteiger partial charge in [-0.1, -0.05) is 0 Å². The normalized spacial score (nSPS) is 13.3. The second-order valence-corrected chi connectivity index (χ2v) is 5.96. The van der Waals surface area contributed by atoms with E-state index < -0.39 is 22.0 Å². The number of sulfonamides is 1. The molecule has 1 unspecified atom stereocenters. The number of nitrogens with two attached hydrogens (primary N) is 1. The molecule has 0 radical (unpaired) electrons. The van der Waals surface area contributed by atoms with E-state index in [1.807, 2.05) is 0 Å². The molecule has 0 saturated heterocycles. The molecule has 2 rings (SSSR count). The third-order valence-electron chi connectivity index (χ3n) is 2.72. The van der Waals surface area contributed by atoms with E-state index in [0.29, 0.717) is 5.82 Å². The topological polar surface area (TPSA) is 136 Å². The Morgan fingerprint density at radius 1 is 1.55 bits per heavy atom. The Morgan fingerprint density at radius 2 is 2.25 bits per heavy atom. The maximum absolute atomic E-state index is 12.2. The smallest absolute Gasteiger partial charge is 0.265 e. The Bertz CT molecular complexity index is 718. The van der Waals surface area contributed by atoms with Gasteiger partial charge in [-0.25, -0.2) is 18.1 Å². The lowest BCUT2D eigenvalue weighted by Crippen LogP contribution is -2.27. The molecule has 2 aromatic heterocycles. The van der Waals surface area contributed by atoms with E-state index in [4.69, 9.17) is 5.73 Å². The molecule has 1 atom stereocenters. The molecule has 1 amide bonds. The van der Waals surface area contributed by atoms with Crippen LogP contribution >= 0.6 is 0 Å². The van der Waals surface area contributed by atoms with Crippen molar-refractivity contribution in [1.82, 2.24) is 24.5 Å². The number of carbonyl (C=O) groups is 1. The van der Waals surface area contributed by atoms with E-state index in [-0.39, 0.29) is 10.6 Å². The summed E-state index contributed by atoms with van der Waals surface area (Å²) in [6, 6.07) is 0.636. The largest absolute Gasteiger partial charge is 0.364 e. The first kappa shape index (κ1) is 14.2. The van der Waals surface area contributed by atoms with Crippen molar-refractivity contribution in [2.75, 3.05) is 0 Å². The number of nitrogens with one attached hydrogen (secondary N) is 2. The number of hydrogen-bond acceptors (Lipinski definition) is 5. The number of hydrogen-bond donors (Lipinski definition) is 3. The molecular weight excluding hydrogens is 284 g/mol. The van der Waals surface area contributed by atoms with E-state index >= 15 is 0 Å². The first-order valence-corrected chi connectivity index (χ1v) is 7.13. The summed E-state index contributed by atoms with van der Waals surface area (Å²) in [5.41, 5.74) is 5.26. The van der Waals surface area contributed by atoms with Crippen LogP contribution in [0.1, 0.15) is 29.3 Å². The zero-order valence-electron chi connectivity index (χ0n) is 10.9. The van der Waals surface area contributed by atoms with E-state index in [9.17, 15) is 13.2 Å². The highest BCUT2D eigenvalue weighted by molar-refractivity contribution is 7.89. The number of H-pyrrole nitrogens is 1. The molecule has 4 N–H and O–H groups in total. The fourth-order valence-electron chi connectivity index (χ4n) is 1.71. The third kappa shape index (κ3) is 2.70. The zero-order chi connectivity index (χ0) is 14.9. The molecule has 20 heavy (non-hydrogen) atoms. The number of carbonyl (C=O) groups excluding carboxylic acids is 1. The molecular formula is C10H14N6O3S. The van der Waals surface area contributed by atoms with E-state index in [2.05, 4.69) is 19.9 Å². The first-order chi connectivity index (χ1) is 9.31. The maximum Gasteiger partial charge on any atom is 0.265 e. The van der Waals surface area contributed by atoms with Gasteiger partial charge in [-0.3, -0.25) is 9.89 Å². The molecule has 0 aromatic carbocycles. The number of aromatic nitrogens is 4. The van der Waals surface area contributed by atoms with Crippen molar-refractivity contribution in [3.8, 4) is 0 Å². The highest BCUT2D eigenvalue weighted by Gasteiger charge is 2.23. The fraction of sp³-hybridized carbons (Fsp3) is 0.300. The monoisotopic (exact) mass is 298 g/mol. The molecule has 2 aromatic rings. The predicted molar refractivity (Wildman–Crippen MR) is 69.1 cm³/mol. The van der Waals surface area contributed by atoms with Gasteiger partial charge in [0.2, 0.25) is 10.0 Å². The highest BCUT2D eigenvalue weighted by Crippen LogP contribution is 2.16. The van der Waals surface area contributed by atoms with E-state index in [0.717, 1.165) is 0 Å². The van der Waals surface area contributed by atoms with Gasteiger partial charge in [0.25, 0.3) is 5.91 Å². The standard InChI is InChI=1S/C10H14N6O3S/c1-6(10-12-5-13-14-10)15-20(18,19)7-3-8(9(11)17)16(2)4-7/h3-6,15H,1-2H3,(H2,11,17)(H,12,13,14). The van der Waals surface area contributed by atoms with Crippen LogP contribution in [0.25, 0.3) is 0 Å². The lowest BCUT2D eigenvalue weighted by atomic mass is 10.3. The molecule has 0 aliphatic rings. The molecule has 0 spiro atoms. The summed E-state index contributed by atoms with van der Waals surface area (Å²) in [4.78, 5) is 15.0. The van der Waals surface area contributed by atoms with Crippen molar-refractivity contribution < 1.29 is 13.2 Å². The quantitative estimate of drug-likeness (QED) is 0.669. The minimum atomic E-state index is -3.79. The van der Waals surface area contributed by atoms with Gasteiger partial charge in [-0.2, -0.15) is 5.10 Å². The van der Waals surface area contributed by atoms with E-state index in [1.54, 1.807) is 14.0 Å². The molecule has 108 valence electrons. The van der Waals surface area contributed by atoms with Crippen LogP contribution in [-0.2, 0) is 17.1 Å². The van der Waals surface area contributed by atoms with Crippen LogP contribution in [0.2, 0.25) is 0 Å². The van der Waals surface area contributed by atoms with Crippen molar-refractivity contribution in [3.63, 3.8) is 0 Å². The van der Waals surface area contributed by atoms with Gasteiger partial charge in [0.1, 0.15) is 22.7 Å². The second-order valence-electron chi connectivity index (χ2n) is 4.25. The van der Waals surface area contributed by atoms with Gasteiger partial charge in [-0.05, 0) is 13.0 Å². The predicted octanol–water partition coefficient (Wildman–Crippen LogP) is -0.718. The molecule has 0 aliphatic carbocycles. The Balaban J connectivity index is 2.27. The van der Waals surface area contributed by atoms with Crippen molar-refractivity contribution in [1.29, 1.82) is 0 Å². The summed E-state index contributed by atoms with van der Waals surface area (Å²) < 4.78 is 28.2. The number of primary amides is 1. The second kappa shape index (κ2) is 5.06. The van der Waals surface area contributed by atoms with Gasteiger partial charge in [-0.15, -0.1) is 0 Å². The minimum Gasteiger partial charge on any atom is -0.364 e. The van der Waals surface area contributed by atoms with Crippen LogP contribution < -0.4 is 10.5 Å². The molecule has 2 heterocycles. The summed E-state index contributed by atoms with van der Waals surface area (Å²) in [7, 11) is -2.25. The minimum absolute atomic E-state index is 0.0415. The van der Waals surface area contributed by atoms with Gasteiger partial charge in [0.05, 0.1) is 6.04 Å². The van der Waals surface area contributed by atoms with Crippen molar-refractivity contribution in [3.05, 3.63) is 30.1 Å². The van der Waals surface area contributed by atoms with Crippen molar-refractivity contribution >= 4 is 15.9 Å². The summed E-state index contributed by atoms with van der Waals surface area (Å²) in [6.45, 7) is 1.62. The van der Waals surface area contributed by atoms with Crippen LogP contribution in [0.3, 0.4) is 0 Å². The SMILES string of the molecule is CC(NS(=O)(=O)c1cc(C(N)=O)n(C)c1)c1ncn[nH]1. The van der Waals surface area contributed by atoms with Crippen LogP contribution in [0.5, 0.6) is 0 Å². The van der Waals surface area contributed by atoms with Gasteiger partial charge in [0.15, 0.2) is 0 Å². The third-order valence-corrected chi connectivity index (χ3v) is 4.23. The number of nitrogens with zero attached hydrogens (tertiary/aromatic N) is 3. The number of amides is 1. The highest BCUT2D eigenvalue weighted by atomic mass is 32.2. The lowest BCUT2D eigenvalue weighted by Gasteiger charge is -2.10. The Kier molecular flexibility index (Phi) is 3.59. The molecule has 9 nitrogen and oxygen atoms in total. The van der Waals surface area contributed by atoms with Gasteiger partial charge in [0, 0.05) is 13.2 Å². The summed E-state index contributed by atoms with van der Waals surface area (Å²) in [5, 5.41) is 6.23. The van der Waals surface area contributed by atoms with Crippen LogP contribution in [-0.4, -0.2) is 34.1 Å². The van der Waals surface area contributed by atoms with Crippen molar-refractivity contribution in [2.24, 2.45) is 12.8 Å². The molecule has 0 saturated carbocycles. The zero-order valence-corrected chi connectivity index (χ0v) is 11.7.